The molecule has 2 heterocycles. The second kappa shape index (κ2) is 4.49. The third-order valence-corrected chi connectivity index (χ3v) is 3.46. The van der Waals surface area contributed by atoms with Crippen LogP contribution in [0.1, 0.15) is 31.2 Å². The van der Waals surface area contributed by atoms with Gasteiger partial charge in [-0.2, -0.15) is 0 Å². The van der Waals surface area contributed by atoms with E-state index in [4.69, 9.17) is 4.42 Å². The normalized spacial score (nSPS) is 17.0. The lowest BCUT2D eigenvalue weighted by atomic mass is 10.1. The summed E-state index contributed by atoms with van der Waals surface area (Å²) >= 11 is 0. The van der Waals surface area contributed by atoms with E-state index in [1.807, 2.05) is 6.07 Å². The zero-order valence-corrected chi connectivity index (χ0v) is 10.3. The molecule has 0 bridgehead atoms. The van der Waals surface area contributed by atoms with E-state index in [0.717, 1.165) is 30.0 Å². The molecule has 3 heteroatoms. The Labute approximate surface area is 101 Å². The van der Waals surface area contributed by atoms with E-state index in [0.29, 0.717) is 0 Å². The third kappa shape index (κ3) is 2.20. The third-order valence-electron chi connectivity index (χ3n) is 3.46. The van der Waals surface area contributed by atoms with E-state index in [1.54, 1.807) is 0 Å². The number of hydrogen-bond donors (Lipinski definition) is 0. The maximum absolute atomic E-state index is 5.78. The van der Waals surface area contributed by atoms with E-state index in [1.165, 1.54) is 31.5 Å². The lowest BCUT2D eigenvalue weighted by molar-refractivity contribution is 0.295. The van der Waals surface area contributed by atoms with Crippen LogP contribution in [0.2, 0.25) is 0 Å². The van der Waals surface area contributed by atoms with Crippen molar-refractivity contribution in [2.45, 2.75) is 32.7 Å². The number of oxazole rings is 1. The molecular weight excluding hydrogens is 212 g/mol. The second-order valence-corrected chi connectivity index (χ2v) is 4.75. The van der Waals surface area contributed by atoms with Crippen LogP contribution in [0.25, 0.3) is 11.1 Å². The van der Waals surface area contributed by atoms with Crippen LogP contribution in [0.3, 0.4) is 0 Å². The number of fused-ring (bicyclic) bond motifs is 1. The summed E-state index contributed by atoms with van der Waals surface area (Å²) in [6.07, 6.45) is 3.66. The smallest absolute Gasteiger partial charge is 0.209 e. The van der Waals surface area contributed by atoms with Gasteiger partial charge < -0.3 is 4.42 Å². The second-order valence-electron chi connectivity index (χ2n) is 4.75. The molecule has 17 heavy (non-hydrogen) atoms. The molecular formula is C14H18N2O. The van der Waals surface area contributed by atoms with E-state index >= 15 is 0 Å². The molecule has 0 amide bonds. The first-order valence-electron chi connectivity index (χ1n) is 6.46. The summed E-state index contributed by atoms with van der Waals surface area (Å²) in [5.41, 5.74) is 3.23. The first-order valence-corrected chi connectivity index (χ1v) is 6.46. The van der Waals surface area contributed by atoms with Crippen LogP contribution in [-0.4, -0.2) is 23.0 Å². The monoisotopic (exact) mass is 230 g/mol. The van der Waals surface area contributed by atoms with Gasteiger partial charge in [0.25, 0.3) is 0 Å². The molecule has 0 radical (unpaired) electrons. The van der Waals surface area contributed by atoms with Gasteiger partial charge in [0.2, 0.25) is 5.89 Å². The van der Waals surface area contributed by atoms with Crippen molar-refractivity contribution < 1.29 is 4.42 Å². The van der Waals surface area contributed by atoms with Gasteiger partial charge in [0.1, 0.15) is 5.52 Å². The van der Waals surface area contributed by atoms with Crippen LogP contribution in [0.15, 0.2) is 22.6 Å². The molecule has 1 fully saturated rings. The SMILES string of the molecule is CCc1ccc2oc(CN3CCCC3)nc2c1. The Balaban J connectivity index is 1.85. The lowest BCUT2D eigenvalue weighted by Gasteiger charge is -2.10. The highest BCUT2D eigenvalue weighted by molar-refractivity contribution is 5.73. The van der Waals surface area contributed by atoms with Crippen molar-refractivity contribution in [3.8, 4) is 0 Å². The van der Waals surface area contributed by atoms with Crippen LogP contribution in [0.4, 0.5) is 0 Å². The van der Waals surface area contributed by atoms with Crippen LogP contribution in [-0.2, 0) is 13.0 Å². The Morgan fingerprint density at radius 3 is 2.88 bits per heavy atom. The first-order chi connectivity index (χ1) is 8.35. The number of benzene rings is 1. The first kappa shape index (κ1) is 10.8. The summed E-state index contributed by atoms with van der Waals surface area (Å²) in [4.78, 5) is 6.98. The maximum atomic E-state index is 5.78. The van der Waals surface area contributed by atoms with Gasteiger partial charge in [-0.25, -0.2) is 4.98 Å². The standard InChI is InChI=1S/C14H18N2O/c1-2-11-5-6-13-12(9-11)15-14(17-13)10-16-7-3-4-8-16/h5-6,9H,2-4,7-8,10H2,1H3. The summed E-state index contributed by atoms with van der Waals surface area (Å²) in [7, 11) is 0. The predicted octanol–water partition coefficient (Wildman–Crippen LogP) is 2.99. The summed E-state index contributed by atoms with van der Waals surface area (Å²) in [5.74, 6) is 0.857. The number of aryl methyl sites for hydroxylation is 1. The molecule has 0 unspecified atom stereocenters. The highest BCUT2D eigenvalue weighted by Crippen LogP contribution is 2.19. The number of rotatable bonds is 3. The molecule has 0 N–H and O–H groups in total. The number of aromatic nitrogens is 1. The molecule has 1 saturated heterocycles. The molecule has 1 aromatic carbocycles. The Hall–Kier alpha value is -1.35. The van der Waals surface area contributed by atoms with Gasteiger partial charge in [-0.1, -0.05) is 13.0 Å². The topological polar surface area (TPSA) is 29.3 Å². The minimum absolute atomic E-state index is 0.857. The highest BCUT2D eigenvalue weighted by Gasteiger charge is 2.15. The van der Waals surface area contributed by atoms with Gasteiger partial charge in [0.05, 0.1) is 6.54 Å². The van der Waals surface area contributed by atoms with Gasteiger partial charge in [0.15, 0.2) is 5.58 Å². The molecule has 0 saturated carbocycles. The fourth-order valence-corrected chi connectivity index (χ4v) is 2.44. The van der Waals surface area contributed by atoms with Gasteiger partial charge in [-0.3, -0.25) is 4.90 Å². The van der Waals surface area contributed by atoms with E-state index in [-0.39, 0.29) is 0 Å². The predicted molar refractivity (Wildman–Crippen MR) is 67.9 cm³/mol. The minimum Gasteiger partial charge on any atom is -0.439 e. The molecule has 1 aromatic heterocycles. The highest BCUT2D eigenvalue weighted by atomic mass is 16.3. The Morgan fingerprint density at radius 1 is 1.29 bits per heavy atom. The van der Waals surface area contributed by atoms with E-state index in [9.17, 15) is 0 Å². The van der Waals surface area contributed by atoms with Crippen molar-refractivity contribution >= 4 is 11.1 Å². The number of likely N-dealkylation sites (tertiary alicyclic amines) is 1. The summed E-state index contributed by atoms with van der Waals surface area (Å²) in [6.45, 7) is 5.38. The van der Waals surface area contributed by atoms with Gasteiger partial charge >= 0.3 is 0 Å². The van der Waals surface area contributed by atoms with Crippen molar-refractivity contribution in [2.24, 2.45) is 0 Å². The molecule has 90 valence electrons. The zero-order chi connectivity index (χ0) is 11.7. The summed E-state index contributed by atoms with van der Waals surface area (Å²) in [6, 6.07) is 6.29. The largest absolute Gasteiger partial charge is 0.439 e. The van der Waals surface area contributed by atoms with Crippen LogP contribution >= 0.6 is 0 Å². The quantitative estimate of drug-likeness (QED) is 0.811. The molecule has 2 aromatic rings. The minimum atomic E-state index is 0.857. The Kier molecular flexibility index (Phi) is 2.85. The van der Waals surface area contributed by atoms with Crippen molar-refractivity contribution in [3.05, 3.63) is 29.7 Å². The molecule has 0 atom stereocenters. The number of hydrogen-bond acceptors (Lipinski definition) is 3. The van der Waals surface area contributed by atoms with Crippen molar-refractivity contribution in [1.29, 1.82) is 0 Å². The molecule has 3 rings (SSSR count). The lowest BCUT2D eigenvalue weighted by Crippen LogP contribution is -2.18. The zero-order valence-electron chi connectivity index (χ0n) is 10.3. The molecule has 0 spiro atoms. The fourth-order valence-electron chi connectivity index (χ4n) is 2.44. The van der Waals surface area contributed by atoms with E-state index < -0.39 is 0 Å². The summed E-state index contributed by atoms with van der Waals surface area (Å²) in [5, 5.41) is 0. The Bertz CT molecular complexity index is 512. The molecule has 1 aliphatic heterocycles. The average molecular weight is 230 g/mol. The summed E-state index contributed by atoms with van der Waals surface area (Å²) < 4.78 is 5.78. The Morgan fingerprint density at radius 2 is 2.12 bits per heavy atom. The van der Waals surface area contributed by atoms with Crippen LogP contribution in [0.5, 0.6) is 0 Å². The van der Waals surface area contributed by atoms with Crippen LogP contribution < -0.4 is 0 Å². The van der Waals surface area contributed by atoms with Crippen molar-refractivity contribution in [2.75, 3.05) is 13.1 Å². The van der Waals surface area contributed by atoms with E-state index in [2.05, 4.69) is 28.9 Å². The maximum Gasteiger partial charge on any atom is 0.209 e. The molecule has 3 nitrogen and oxygen atoms in total. The molecule has 1 aliphatic rings. The number of nitrogens with zero attached hydrogens (tertiary/aromatic N) is 2. The van der Waals surface area contributed by atoms with Gasteiger partial charge in [-0.05, 0) is 50.0 Å². The van der Waals surface area contributed by atoms with Gasteiger partial charge in [0, 0.05) is 0 Å². The van der Waals surface area contributed by atoms with Crippen LogP contribution in [0, 0.1) is 0 Å². The van der Waals surface area contributed by atoms with Crippen molar-refractivity contribution in [1.82, 2.24) is 9.88 Å². The van der Waals surface area contributed by atoms with Gasteiger partial charge in [-0.15, -0.1) is 0 Å². The van der Waals surface area contributed by atoms with Crippen molar-refractivity contribution in [3.63, 3.8) is 0 Å². The molecule has 0 aliphatic carbocycles. The fraction of sp³-hybridized carbons (Fsp3) is 0.500. The average Bonchev–Trinajstić information content (AvgIpc) is 2.96.